The maximum absolute atomic E-state index is 13.5. The van der Waals surface area contributed by atoms with E-state index in [1.807, 2.05) is 11.0 Å². The van der Waals surface area contributed by atoms with Crippen LogP contribution in [0.5, 0.6) is 5.75 Å². The number of rotatable bonds is 6. The number of methoxy groups -OCH3 is 1. The number of amides is 1. The molecule has 0 radical (unpaired) electrons. The van der Waals surface area contributed by atoms with Crippen molar-refractivity contribution < 1.29 is 27.5 Å². The molecule has 12 heteroatoms. The molecule has 1 fully saturated rings. The van der Waals surface area contributed by atoms with Crippen LogP contribution in [0.3, 0.4) is 0 Å². The molecular formula is C24H21Cl2F3N4O3. The largest absolute Gasteiger partial charge is 0.495 e. The standard InChI is InChI=1S/C24H21Cl2F3N4O3/c1-36-18-13-16(7-8-17(18)25)31-9-11-32(12-10-31)19(34)14-33-21(20(26)23(30-33)24(27,28)29)22(35)15-5-3-2-4-6-15/h2-8,13H,9-12,14H2,1H3. The van der Waals surface area contributed by atoms with E-state index in [4.69, 9.17) is 27.9 Å². The van der Waals surface area contributed by atoms with Crippen LogP contribution < -0.4 is 9.64 Å². The molecule has 1 amide bonds. The summed E-state index contributed by atoms with van der Waals surface area (Å²) in [5, 5.41) is 3.16. The Morgan fingerprint density at radius 1 is 1.03 bits per heavy atom. The predicted molar refractivity (Wildman–Crippen MR) is 129 cm³/mol. The van der Waals surface area contributed by atoms with E-state index >= 15 is 0 Å². The number of ketones is 1. The lowest BCUT2D eigenvalue weighted by molar-refractivity contribution is -0.142. The summed E-state index contributed by atoms with van der Waals surface area (Å²) in [5.41, 5.74) is -0.880. The van der Waals surface area contributed by atoms with Crippen LogP contribution in [0.15, 0.2) is 48.5 Å². The van der Waals surface area contributed by atoms with Crippen LogP contribution in [-0.2, 0) is 17.5 Å². The van der Waals surface area contributed by atoms with Gasteiger partial charge < -0.3 is 14.5 Å². The molecule has 36 heavy (non-hydrogen) atoms. The lowest BCUT2D eigenvalue weighted by Gasteiger charge is -2.36. The number of carbonyl (C=O) groups is 2. The fraction of sp³-hybridized carbons (Fsp3) is 0.292. The van der Waals surface area contributed by atoms with Crippen molar-refractivity contribution in [1.29, 1.82) is 0 Å². The van der Waals surface area contributed by atoms with Crippen LogP contribution in [-0.4, -0.2) is 59.7 Å². The topological polar surface area (TPSA) is 67.7 Å². The summed E-state index contributed by atoms with van der Waals surface area (Å²) >= 11 is 12.1. The van der Waals surface area contributed by atoms with E-state index in [-0.39, 0.29) is 5.56 Å². The average molecular weight is 541 g/mol. The summed E-state index contributed by atoms with van der Waals surface area (Å²) < 4.78 is 46.5. The first-order chi connectivity index (χ1) is 17.1. The quantitative estimate of drug-likeness (QED) is 0.420. The van der Waals surface area contributed by atoms with Crippen LogP contribution in [0.25, 0.3) is 0 Å². The molecule has 2 heterocycles. The Bertz CT molecular complexity index is 1270. The number of hydrogen-bond donors (Lipinski definition) is 0. The second kappa shape index (κ2) is 10.4. The van der Waals surface area contributed by atoms with E-state index in [1.54, 1.807) is 30.3 Å². The monoisotopic (exact) mass is 540 g/mol. The first-order valence-corrected chi connectivity index (χ1v) is 11.6. The Labute approximate surface area is 214 Å². The summed E-state index contributed by atoms with van der Waals surface area (Å²) in [6, 6.07) is 13.1. The van der Waals surface area contributed by atoms with Crippen molar-refractivity contribution in [3.8, 4) is 5.75 Å². The highest BCUT2D eigenvalue weighted by molar-refractivity contribution is 6.35. The number of benzene rings is 2. The lowest BCUT2D eigenvalue weighted by atomic mass is 10.1. The van der Waals surface area contributed by atoms with Crippen LogP contribution in [0.1, 0.15) is 21.7 Å². The molecule has 1 aliphatic heterocycles. The average Bonchev–Trinajstić information content (AvgIpc) is 3.20. The molecule has 0 spiro atoms. The molecule has 1 saturated heterocycles. The molecular weight excluding hydrogens is 520 g/mol. The second-order valence-corrected chi connectivity index (χ2v) is 8.83. The minimum Gasteiger partial charge on any atom is -0.495 e. The van der Waals surface area contributed by atoms with Crippen molar-refractivity contribution in [1.82, 2.24) is 14.7 Å². The minimum atomic E-state index is -4.89. The maximum atomic E-state index is 13.5. The summed E-state index contributed by atoms with van der Waals surface area (Å²) in [6.45, 7) is 1.07. The van der Waals surface area contributed by atoms with Gasteiger partial charge in [0, 0.05) is 43.5 Å². The third-order valence-corrected chi connectivity index (χ3v) is 6.50. The highest BCUT2D eigenvalue weighted by atomic mass is 35.5. The Hall–Kier alpha value is -3.24. The molecule has 7 nitrogen and oxygen atoms in total. The fourth-order valence-electron chi connectivity index (χ4n) is 3.97. The van der Waals surface area contributed by atoms with Crippen LogP contribution in [0.4, 0.5) is 18.9 Å². The highest BCUT2D eigenvalue weighted by Gasteiger charge is 2.40. The van der Waals surface area contributed by atoms with Gasteiger partial charge in [0.2, 0.25) is 11.7 Å². The van der Waals surface area contributed by atoms with Crippen molar-refractivity contribution >= 4 is 40.6 Å². The van der Waals surface area contributed by atoms with Crippen LogP contribution in [0.2, 0.25) is 10.0 Å². The van der Waals surface area contributed by atoms with E-state index in [0.29, 0.717) is 37.0 Å². The molecule has 0 atom stereocenters. The molecule has 3 aromatic rings. The molecule has 1 aromatic heterocycles. The maximum Gasteiger partial charge on any atom is 0.436 e. The predicted octanol–water partition coefficient (Wildman–Crippen LogP) is 4.80. The number of alkyl halides is 3. The number of piperazine rings is 1. The SMILES string of the molecule is COc1cc(N2CCN(C(=O)Cn3nc(C(F)(F)F)c(Cl)c3C(=O)c3ccccc3)CC2)ccc1Cl. The van der Waals surface area contributed by atoms with Gasteiger partial charge in [0.15, 0.2) is 5.69 Å². The van der Waals surface area contributed by atoms with Gasteiger partial charge in [-0.15, -0.1) is 0 Å². The lowest BCUT2D eigenvalue weighted by Crippen LogP contribution is -2.49. The van der Waals surface area contributed by atoms with Crippen molar-refractivity contribution in [3.05, 3.63) is 75.5 Å². The fourth-order valence-corrected chi connectivity index (χ4v) is 4.49. The minimum absolute atomic E-state index is 0.133. The van der Waals surface area contributed by atoms with Crippen molar-refractivity contribution in [3.63, 3.8) is 0 Å². The van der Waals surface area contributed by atoms with E-state index in [9.17, 15) is 22.8 Å². The summed E-state index contributed by atoms with van der Waals surface area (Å²) in [4.78, 5) is 29.6. The van der Waals surface area contributed by atoms with Gasteiger partial charge in [-0.3, -0.25) is 9.59 Å². The van der Waals surface area contributed by atoms with E-state index in [1.165, 1.54) is 24.1 Å². The summed E-state index contributed by atoms with van der Waals surface area (Å²) in [5.74, 6) is -0.699. The molecule has 0 aliphatic carbocycles. The van der Waals surface area contributed by atoms with Gasteiger partial charge in [-0.1, -0.05) is 53.5 Å². The van der Waals surface area contributed by atoms with E-state index < -0.39 is 40.8 Å². The van der Waals surface area contributed by atoms with Gasteiger partial charge in [-0.2, -0.15) is 18.3 Å². The molecule has 1 aliphatic rings. The Morgan fingerprint density at radius 2 is 1.69 bits per heavy atom. The molecule has 0 unspecified atom stereocenters. The van der Waals surface area contributed by atoms with Gasteiger partial charge in [0.1, 0.15) is 23.0 Å². The Morgan fingerprint density at radius 3 is 2.31 bits per heavy atom. The number of carbonyl (C=O) groups excluding carboxylic acids is 2. The molecule has 4 rings (SSSR count). The molecule has 2 aromatic carbocycles. The Balaban J connectivity index is 1.52. The van der Waals surface area contributed by atoms with Crippen molar-refractivity contribution in [2.45, 2.75) is 12.7 Å². The third-order valence-electron chi connectivity index (χ3n) is 5.83. The zero-order chi connectivity index (χ0) is 26.0. The number of ether oxygens (including phenoxy) is 1. The molecule has 0 bridgehead atoms. The number of aromatic nitrogens is 2. The number of halogens is 5. The smallest absolute Gasteiger partial charge is 0.436 e. The first kappa shape index (κ1) is 25.8. The van der Waals surface area contributed by atoms with Gasteiger partial charge in [0.25, 0.3) is 0 Å². The summed E-state index contributed by atoms with van der Waals surface area (Å²) in [7, 11) is 1.52. The third kappa shape index (κ3) is 5.29. The molecule has 0 N–H and O–H groups in total. The number of anilines is 1. The number of hydrogen-bond acceptors (Lipinski definition) is 5. The highest BCUT2D eigenvalue weighted by Crippen LogP contribution is 2.36. The van der Waals surface area contributed by atoms with Crippen LogP contribution in [0, 0.1) is 0 Å². The van der Waals surface area contributed by atoms with Crippen LogP contribution >= 0.6 is 23.2 Å². The first-order valence-electron chi connectivity index (χ1n) is 10.9. The van der Waals surface area contributed by atoms with Gasteiger partial charge in [-0.05, 0) is 12.1 Å². The normalized spacial score (nSPS) is 14.2. The van der Waals surface area contributed by atoms with Crippen molar-refractivity contribution in [2.75, 3.05) is 38.2 Å². The van der Waals surface area contributed by atoms with Gasteiger partial charge in [0.05, 0.1) is 12.1 Å². The second-order valence-electron chi connectivity index (χ2n) is 8.05. The number of nitrogens with zero attached hydrogens (tertiary/aromatic N) is 4. The van der Waals surface area contributed by atoms with Gasteiger partial charge in [-0.25, -0.2) is 4.68 Å². The summed E-state index contributed by atoms with van der Waals surface area (Å²) in [6.07, 6.45) is -4.89. The van der Waals surface area contributed by atoms with E-state index in [2.05, 4.69) is 5.10 Å². The Kier molecular flexibility index (Phi) is 7.46. The molecule has 190 valence electrons. The van der Waals surface area contributed by atoms with Gasteiger partial charge >= 0.3 is 6.18 Å². The zero-order valence-corrected chi connectivity index (χ0v) is 20.6. The molecule has 0 saturated carbocycles. The van der Waals surface area contributed by atoms with Crippen molar-refractivity contribution in [2.24, 2.45) is 0 Å². The zero-order valence-electron chi connectivity index (χ0n) is 19.1. The van der Waals surface area contributed by atoms with E-state index in [0.717, 1.165) is 10.4 Å².